The molecule has 0 aromatic heterocycles. The second-order valence-corrected chi connectivity index (χ2v) is 13.1. The minimum absolute atomic E-state index is 0.132. The van der Waals surface area contributed by atoms with Crippen LogP contribution >= 0.6 is 0 Å². The third-order valence-electron chi connectivity index (χ3n) is 5.28. The molecule has 0 N–H and O–H groups in total. The molecule has 0 fully saturated rings. The molecule has 0 aliphatic heterocycles. The average molecular weight is 326 g/mol. The summed E-state index contributed by atoms with van der Waals surface area (Å²) in [7, 11) is 1.84. The minimum atomic E-state index is -1.81. The van der Waals surface area contributed by atoms with E-state index in [1.165, 1.54) is 12.0 Å². The van der Waals surface area contributed by atoms with Gasteiger partial charge in [0.25, 0.3) is 0 Å². The van der Waals surface area contributed by atoms with Crippen molar-refractivity contribution in [3.63, 3.8) is 0 Å². The van der Waals surface area contributed by atoms with Gasteiger partial charge in [-0.05, 0) is 48.9 Å². The molecule has 128 valence electrons. The monoisotopic (exact) mass is 325 g/mol. The number of allylic oxidation sites excluding steroid dienone is 1. The third kappa shape index (κ3) is 4.95. The van der Waals surface area contributed by atoms with Crippen LogP contribution in [-0.2, 0) is 9.22 Å². The molecule has 0 unspecified atom stereocenters. The Balaban J connectivity index is 2.94. The topological polar surface area (TPSA) is 29.5 Å². The van der Waals surface area contributed by atoms with Crippen molar-refractivity contribution in [3.05, 3.63) is 11.6 Å². The van der Waals surface area contributed by atoms with Gasteiger partial charge in [0.1, 0.15) is 0 Å². The lowest BCUT2D eigenvalue weighted by atomic mass is 9.85. The van der Waals surface area contributed by atoms with E-state index in [1.807, 2.05) is 14.1 Å². The van der Waals surface area contributed by atoms with E-state index in [-0.39, 0.29) is 17.0 Å². The standard InChI is InChI=1S/C18H35NO2Si/c1-9-14-10-11-16(21-22(7,8)18(2,3)4)15(12-14)13-17(20)19(5)6/h12,14,16H,9-11,13H2,1-8H3/t14-,16+/m0/s1. The third-order valence-corrected chi connectivity index (χ3v) is 9.77. The highest BCUT2D eigenvalue weighted by Crippen LogP contribution is 2.40. The summed E-state index contributed by atoms with van der Waals surface area (Å²) >= 11 is 0. The molecule has 1 rings (SSSR count). The zero-order chi connectivity index (χ0) is 17.1. The smallest absolute Gasteiger partial charge is 0.226 e. The Hall–Kier alpha value is -0.613. The van der Waals surface area contributed by atoms with Crippen LogP contribution < -0.4 is 0 Å². The van der Waals surface area contributed by atoms with E-state index in [0.29, 0.717) is 12.3 Å². The predicted molar refractivity (Wildman–Crippen MR) is 96.5 cm³/mol. The van der Waals surface area contributed by atoms with Gasteiger partial charge in [-0.2, -0.15) is 0 Å². The SMILES string of the molecule is CC[C@@H]1C=C(CC(=O)N(C)C)[C@H](O[Si](C)(C)C(C)(C)C)CC1. The molecular formula is C18H35NO2Si. The van der Waals surface area contributed by atoms with Crippen LogP contribution in [0.3, 0.4) is 0 Å². The Morgan fingerprint density at radius 3 is 2.36 bits per heavy atom. The van der Waals surface area contributed by atoms with Gasteiger partial charge in [-0.1, -0.05) is 33.8 Å². The molecule has 0 spiro atoms. The van der Waals surface area contributed by atoms with Gasteiger partial charge < -0.3 is 9.33 Å². The molecule has 0 saturated heterocycles. The fourth-order valence-corrected chi connectivity index (χ4v) is 3.87. The van der Waals surface area contributed by atoms with Gasteiger partial charge in [-0.15, -0.1) is 0 Å². The number of carbonyl (C=O) groups excluding carboxylic acids is 1. The molecule has 1 aliphatic carbocycles. The van der Waals surface area contributed by atoms with E-state index in [1.54, 1.807) is 4.90 Å². The van der Waals surface area contributed by atoms with Crippen molar-refractivity contribution in [2.45, 2.75) is 77.6 Å². The highest BCUT2D eigenvalue weighted by atomic mass is 28.4. The largest absolute Gasteiger partial charge is 0.410 e. The van der Waals surface area contributed by atoms with E-state index in [2.05, 4.69) is 46.9 Å². The zero-order valence-corrected chi connectivity index (χ0v) is 16.8. The van der Waals surface area contributed by atoms with Gasteiger partial charge >= 0.3 is 0 Å². The molecule has 1 amide bonds. The molecule has 0 heterocycles. The Labute approximate surface area is 138 Å². The van der Waals surface area contributed by atoms with Crippen LogP contribution in [0.15, 0.2) is 11.6 Å². The molecule has 3 nitrogen and oxygen atoms in total. The maximum atomic E-state index is 12.2. The molecule has 1 aliphatic rings. The summed E-state index contributed by atoms with van der Waals surface area (Å²) in [6.07, 6.45) is 6.33. The van der Waals surface area contributed by atoms with Gasteiger partial charge in [0.05, 0.1) is 12.5 Å². The summed E-state index contributed by atoms with van der Waals surface area (Å²) in [4.78, 5) is 13.8. The van der Waals surface area contributed by atoms with Gasteiger partial charge in [0.15, 0.2) is 8.32 Å². The van der Waals surface area contributed by atoms with Crippen molar-refractivity contribution >= 4 is 14.2 Å². The Bertz CT molecular complexity index is 421. The van der Waals surface area contributed by atoms with Crippen LogP contribution in [0.4, 0.5) is 0 Å². The van der Waals surface area contributed by atoms with Crippen LogP contribution in [0.2, 0.25) is 18.1 Å². The van der Waals surface area contributed by atoms with Crippen molar-refractivity contribution < 1.29 is 9.22 Å². The van der Waals surface area contributed by atoms with E-state index in [9.17, 15) is 4.79 Å². The van der Waals surface area contributed by atoms with Gasteiger partial charge in [-0.3, -0.25) is 4.79 Å². The van der Waals surface area contributed by atoms with Crippen LogP contribution in [0.5, 0.6) is 0 Å². The molecule has 4 heteroatoms. The Kier molecular flexibility index (Phi) is 6.45. The summed E-state index contributed by atoms with van der Waals surface area (Å²) in [6, 6.07) is 0. The Morgan fingerprint density at radius 1 is 1.32 bits per heavy atom. The first kappa shape index (κ1) is 19.4. The van der Waals surface area contributed by atoms with Crippen LogP contribution in [0, 0.1) is 5.92 Å². The maximum absolute atomic E-state index is 12.2. The summed E-state index contributed by atoms with van der Waals surface area (Å²) in [5.41, 5.74) is 1.21. The lowest BCUT2D eigenvalue weighted by molar-refractivity contribution is -0.128. The predicted octanol–water partition coefficient (Wildman–Crippen LogP) is 4.60. The Morgan fingerprint density at radius 2 is 1.91 bits per heavy atom. The van der Waals surface area contributed by atoms with E-state index >= 15 is 0 Å². The molecule has 0 saturated carbocycles. The molecule has 0 bridgehead atoms. The van der Waals surface area contributed by atoms with Crippen LogP contribution in [0.1, 0.15) is 53.4 Å². The highest BCUT2D eigenvalue weighted by Gasteiger charge is 2.40. The molecule has 0 aromatic carbocycles. The first-order chi connectivity index (χ1) is 9.98. The second-order valence-electron chi connectivity index (χ2n) is 8.32. The van der Waals surface area contributed by atoms with Crippen molar-refractivity contribution in [2.24, 2.45) is 5.92 Å². The van der Waals surface area contributed by atoms with Gasteiger partial charge in [0.2, 0.25) is 5.91 Å². The van der Waals surface area contributed by atoms with Crippen LogP contribution in [-0.4, -0.2) is 39.3 Å². The van der Waals surface area contributed by atoms with Crippen molar-refractivity contribution in [1.29, 1.82) is 0 Å². The number of hydrogen-bond acceptors (Lipinski definition) is 2. The summed E-state index contributed by atoms with van der Waals surface area (Å²) < 4.78 is 6.63. The zero-order valence-electron chi connectivity index (χ0n) is 15.8. The number of hydrogen-bond donors (Lipinski definition) is 0. The lowest BCUT2D eigenvalue weighted by Gasteiger charge is -2.41. The number of amides is 1. The maximum Gasteiger partial charge on any atom is 0.226 e. The van der Waals surface area contributed by atoms with Crippen molar-refractivity contribution in [3.8, 4) is 0 Å². The summed E-state index contributed by atoms with van der Waals surface area (Å²) in [5.74, 6) is 0.774. The van der Waals surface area contributed by atoms with E-state index in [0.717, 1.165) is 12.8 Å². The first-order valence-corrected chi connectivity index (χ1v) is 11.5. The molecular weight excluding hydrogens is 290 g/mol. The quantitative estimate of drug-likeness (QED) is 0.546. The van der Waals surface area contributed by atoms with Crippen LogP contribution in [0.25, 0.3) is 0 Å². The number of rotatable bonds is 5. The molecule has 2 atom stereocenters. The summed E-state index contributed by atoms with van der Waals surface area (Å²) in [5, 5.41) is 0.200. The number of nitrogens with zero attached hydrogens (tertiary/aromatic N) is 1. The number of carbonyl (C=O) groups is 1. The average Bonchev–Trinajstić information content (AvgIpc) is 2.38. The fraction of sp³-hybridized carbons (Fsp3) is 0.833. The second kappa shape index (κ2) is 7.31. The van der Waals surface area contributed by atoms with Gasteiger partial charge in [-0.25, -0.2) is 0 Å². The molecule has 22 heavy (non-hydrogen) atoms. The first-order valence-electron chi connectivity index (χ1n) is 8.56. The fourth-order valence-electron chi connectivity index (χ4n) is 2.54. The van der Waals surface area contributed by atoms with Crippen molar-refractivity contribution in [1.82, 2.24) is 4.90 Å². The minimum Gasteiger partial charge on any atom is -0.410 e. The normalized spacial score (nSPS) is 23.2. The highest BCUT2D eigenvalue weighted by molar-refractivity contribution is 6.74. The van der Waals surface area contributed by atoms with Crippen molar-refractivity contribution in [2.75, 3.05) is 14.1 Å². The molecule has 0 radical (unpaired) electrons. The summed E-state index contributed by atoms with van der Waals surface area (Å²) in [6.45, 7) is 13.6. The van der Waals surface area contributed by atoms with Gasteiger partial charge in [0, 0.05) is 14.1 Å². The lowest BCUT2D eigenvalue weighted by Crippen LogP contribution is -2.45. The van der Waals surface area contributed by atoms with E-state index < -0.39 is 8.32 Å². The molecule has 0 aromatic rings. The van der Waals surface area contributed by atoms with E-state index in [4.69, 9.17) is 4.43 Å².